The second kappa shape index (κ2) is 9.80. The standard InChI is InChI=1S/C21H27N3O.HI/c1-15-8-9-20(25-3)17(12-15)10-11-23-21(22-2)24-14-18-13-16-6-4-5-7-19(16)18;/h4-9,12,18H,10-11,13-14H2,1-3H3,(H2,22,23,24);1H. The quantitative estimate of drug-likeness (QED) is 0.389. The molecule has 140 valence electrons. The fourth-order valence-electron chi connectivity index (χ4n) is 3.40. The molecule has 1 aliphatic carbocycles. The van der Waals surface area contributed by atoms with Crippen LogP contribution in [0.3, 0.4) is 0 Å². The molecule has 0 radical (unpaired) electrons. The van der Waals surface area contributed by atoms with Crippen LogP contribution in [0.2, 0.25) is 0 Å². The van der Waals surface area contributed by atoms with Crippen LogP contribution in [-0.2, 0) is 12.8 Å². The molecule has 4 nitrogen and oxygen atoms in total. The predicted molar refractivity (Wildman–Crippen MR) is 119 cm³/mol. The summed E-state index contributed by atoms with van der Waals surface area (Å²) in [7, 11) is 3.54. The summed E-state index contributed by atoms with van der Waals surface area (Å²) >= 11 is 0. The van der Waals surface area contributed by atoms with Gasteiger partial charge in [0, 0.05) is 26.1 Å². The number of methoxy groups -OCH3 is 1. The van der Waals surface area contributed by atoms with Crippen molar-refractivity contribution in [2.45, 2.75) is 25.7 Å². The fourth-order valence-corrected chi connectivity index (χ4v) is 3.40. The Bertz CT molecular complexity index is 761. The zero-order valence-electron chi connectivity index (χ0n) is 15.7. The molecular weight excluding hydrogens is 437 g/mol. The summed E-state index contributed by atoms with van der Waals surface area (Å²) < 4.78 is 5.44. The molecule has 1 atom stereocenters. The average molecular weight is 465 g/mol. The lowest BCUT2D eigenvalue weighted by molar-refractivity contribution is 0.409. The molecule has 0 spiro atoms. The van der Waals surface area contributed by atoms with Gasteiger partial charge >= 0.3 is 0 Å². The maximum absolute atomic E-state index is 5.44. The average Bonchev–Trinajstić information content (AvgIpc) is 2.61. The van der Waals surface area contributed by atoms with Crippen molar-refractivity contribution in [3.8, 4) is 5.75 Å². The van der Waals surface area contributed by atoms with E-state index in [2.05, 4.69) is 58.9 Å². The number of rotatable bonds is 6. The minimum absolute atomic E-state index is 0. The van der Waals surface area contributed by atoms with Crippen LogP contribution in [0.4, 0.5) is 0 Å². The maximum atomic E-state index is 5.44. The smallest absolute Gasteiger partial charge is 0.191 e. The summed E-state index contributed by atoms with van der Waals surface area (Å²) in [5.41, 5.74) is 5.42. The van der Waals surface area contributed by atoms with Gasteiger partial charge in [-0.1, -0.05) is 42.0 Å². The normalized spacial score (nSPS) is 15.3. The molecule has 0 saturated carbocycles. The van der Waals surface area contributed by atoms with Crippen LogP contribution >= 0.6 is 24.0 Å². The maximum Gasteiger partial charge on any atom is 0.191 e. The topological polar surface area (TPSA) is 45.7 Å². The number of halogens is 1. The van der Waals surface area contributed by atoms with Gasteiger partial charge in [0.1, 0.15) is 5.75 Å². The third-order valence-electron chi connectivity index (χ3n) is 4.82. The van der Waals surface area contributed by atoms with Gasteiger partial charge in [-0.3, -0.25) is 4.99 Å². The molecule has 0 bridgehead atoms. The molecule has 2 aromatic carbocycles. The molecule has 0 amide bonds. The Labute approximate surface area is 173 Å². The highest BCUT2D eigenvalue weighted by Crippen LogP contribution is 2.33. The highest BCUT2D eigenvalue weighted by Gasteiger charge is 2.25. The minimum Gasteiger partial charge on any atom is -0.496 e. The van der Waals surface area contributed by atoms with Gasteiger partial charge in [0.15, 0.2) is 5.96 Å². The summed E-state index contributed by atoms with van der Waals surface area (Å²) in [6.45, 7) is 3.85. The number of aliphatic imine (C=N–C) groups is 1. The summed E-state index contributed by atoms with van der Waals surface area (Å²) in [6.07, 6.45) is 2.05. The molecule has 0 aromatic heterocycles. The van der Waals surface area contributed by atoms with E-state index in [0.29, 0.717) is 5.92 Å². The number of hydrogen-bond acceptors (Lipinski definition) is 2. The predicted octanol–water partition coefficient (Wildman–Crippen LogP) is 3.67. The Morgan fingerprint density at radius 2 is 2.00 bits per heavy atom. The molecule has 2 N–H and O–H groups in total. The van der Waals surface area contributed by atoms with Crippen molar-refractivity contribution in [2.75, 3.05) is 27.2 Å². The third kappa shape index (κ3) is 4.90. The number of ether oxygens (including phenoxy) is 1. The number of nitrogens with one attached hydrogen (secondary N) is 2. The molecule has 0 heterocycles. The molecule has 1 unspecified atom stereocenters. The summed E-state index contributed by atoms with van der Waals surface area (Å²) in [4.78, 5) is 4.33. The Morgan fingerprint density at radius 1 is 1.19 bits per heavy atom. The van der Waals surface area contributed by atoms with E-state index in [9.17, 15) is 0 Å². The number of fused-ring (bicyclic) bond motifs is 1. The number of nitrogens with zero attached hydrogens (tertiary/aromatic N) is 1. The molecule has 3 rings (SSSR count). The van der Waals surface area contributed by atoms with Crippen molar-refractivity contribution in [3.63, 3.8) is 0 Å². The molecule has 5 heteroatoms. The van der Waals surface area contributed by atoms with Gasteiger partial charge in [-0.15, -0.1) is 24.0 Å². The number of aryl methyl sites for hydroxylation is 1. The Morgan fingerprint density at radius 3 is 2.73 bits per heavy atom. The van der Waals surface area contributed by atoms with E-state index in [1.165, 1.54) is 22.3 Å². The van der Waals surface area contributed by atoms with Gasteiger partial charge in [-0.2, -0.15) is 0 Å². The number of benzene rings is 2. The van der Waals surface area contributed by atoms with Crippen LogP contribution < -0.4 is 15.4 Å². The molecule has 26 heavy (non-hydrogen) atoms. The number of guanidine groups is 1. The van der Waals surface area contributed by atoms with Gasteiger partial charge in [0.25, 0.3) is 0 Å². The van der Waals surface area contributed by atoms with E-state index >= 15 is 0 Å². The highest BCUT2D eigenvalue weighted by atomic mass is 127. The van der Waals surface area contributed by atoms with E-state index in [4.69, 9.17) is 4.74 Å². The monoisotopic (exact) mass is 465 g/mol. The zero-order chi connectivity index (χ0) is 17.6. The first-order chi connectivity index (χ1) is 12.2. The van der Waals surface area contributed by atoms with Crippen molar-refractivity contribution >= 4 is 29.9 Å². The second-order valence-electron chi connectivity index (χ2n) is 6.55. The summed E-state index contributed by atoms with van der Waals surface area (Å²) in [5.74, 6) is 2.39. The molecular formula is C21H28IN3O. The Balaban J connectivity index is 0.00000243. The fraction of sp³-hybridized carbons (Fsp3) is 0.381. The first-order valence-electron chi connectivity index (χ1n) is 8.87. The first-order valence-corrected chi connectivity index (χ1v) is 8.87. The van der Waals surface area contributed by atoms with Crippen molar-refractivity contribution in [1.82, 2.24) is 10.6 Å². The van der Waals surface area contributed by atoms with E-state index in [1.54, 1.807) is 7.11 Å². The molecule has 0 fully saturated rings. The second-order valence-corrected chi connectivity index (χ2v) is 6.55. The van der Waals surface area contributed by atoms with E-state index in [1.807, 2.05) is 13.1 Å². The van der Waals surface area contributed by atoms with Gasteiger partial charge < -0.3 is 15.4 Å². The third-order valence-corrected chi connectivity index (χ3v) is 4.82. The first kappa shape index (κ1) is 20.6. The summed E-state index contributed by atoms with van der Waals surface area (Å²) in [5, 5.41) is 6.85. The lowest BCUT2D eigenvalue weighted by Crippen LogP contribution is -2.41. The molecule has 0 aliphatic heterocycles. The molecule has 2 aromatic rings. The lowest BCUT2D eigenvalue weighted by atomic mass is 9.78. The van der Waals surface area contributed by atoms with Gasteiger partial charge in [-0.25, -0.2) is 0 Å². The Hall–Kier alpha value is -1.76. The SMILES string of the molecule is CN=C(NCCc1cc(C)ccc1OC)NCC1Cc2ccccc21.I. The van der Waals surface area contributed by atoms with Crippen molar-refractivity contribution in [2.24, 2.45) is 4.99 Å². The van der Waals surface area contributed by atoms with Crippen molar-refractivity contribution < 1.29 is 4.74 Å². The largest absolute Gasteiger partial charge is 0.496 e. The van der Waals surface area contributed by atoms with E-state index < -0.39 is 0 Å². The van der Waals surface area contributed by atoms with Crippen LogP contribution in [0.15, 0.2) is 47.5 Å². The van der Waals surface area contributed by atoms with Crippen LogP contribution in [0, 0.1) is 6.92 Å². The van der Waals surface area contributed by atoms with E-state index in [-0.39, 0.29) is 24.0 Å². The van der Waals surface area contributed by atoms with Crippen LogP contribution in [0.1, 0.15) is 28.2 Å². The zero-order valence-corrected chi connectivity index (χ0v) is 18.0. The molecule has 1 aliphatic rings. The van der Waals surface area contributed by atoms with Crippen LogP contribution in [0.25, 0.3) is 0 Å². The van der Waals surface area contributed by atoms with E-state index in [0.717, 1.165) is 37.6 Å². The lowest BCUT2D eigenvalue weighted by Gasteiger charge is -2.30. The van der Waals surface area contributed by atoms with Crippen molar-refractivity contribution in [1.29, 1.82) is 0 Å². The number of hydrogen-bond donors (Lipinski definition) is 2. The van der Waals surface area contributed by atoms with Gasteiger partial charge in [0.2, 0.25) is 0 Å². The van der Waals surface area contributed by atoms with Crippen LogP contribution in [0.5, 0.6) is 5.75 Å². The minimum atomic E-state index is 0. The van der Waals surface area contributed by atoms with Gasteiger partial charge in [-0.05, 0) is 42.5 Å². The Kier molecular flexibility index (Phi) is 7.75. The highest BCUT2D eigenvalue weighted by molar-refractivity contribution is 14.0. The summed E-state index contributed by atoms with van der Waals surface area (Å²) in [6, 6.07) is 15.0. The van der Waals surface area contributed by atoms with Crippen LogP contribution in [-0.4, -0.2) is 33.2 Å². The van der Waals surface area contributed by atoms with Crippen molar-refractivity contribution in [3.05, 3.63) is 64.7 Å². The molecule has 0 saturated heterocycles. The van der Waals surface area contributed by atoms with Gasteiger partial charge in [0.05, 0.1) is 7.11 Å².